The van der Waals surface area contributed by atoms with E-state index in [0.29, 0.717) is 0 Å². The summed E-state index contributed by atoms with van der Waals surface area (Å²) in [7, 11) is 6.98. The second kappa shape index (κ2) is 23.4. The van der Waals surface area contributed by atoms with E-state index in [9.17, 15) is 0 Å². The topological polar surface area (TPSA) is 43.4 Å². The van der Waals surface area contributed by atoms with Gasteiger partial charge in [0.1, 0.15) is 23.0 Å². The summed E-state index contributed by atoms with van der Waals surface area (Å²) in [5.74, 6) is 3.56. The molecule has 0 radical (unpaired) electrons. The third kappa shape index (κ3) is 10.7. The lowest BCUT2D eigenvalue weighted by Gasteiger charge is -2.28. The van der Waals surface area contributed by atoms with Crippen LogP contribution in [0.1, 0.15) is 19.5 Å². The van der Waals surface area contributed by atoms with Crippen molar-refractivity contribution in [2.24, 2.45) is 0 Å². The molecule has 6 nitrogen and oxygen atoms in total. The third-order valence-corrected chi connectivity index (χ3v) is 19.0. The number of methoxy groups -OCH3 is 4. The molecular formula is C72H60N2O4S4. The van der Waals surface area contributed by atoms with Crippen LogP contribution >= 0.6 is 45.3 Å². The van der Waals surface area contributed by atoms with Crippen molar-refractivity contribution in [3.8, 4) is 98.1 Å². The van der Waals surface area contributed by atoms with Crippen molar-refractivity contribution in [3.63, 3.8) is 0 Å². The highest BCUT2D eigenvalue weighted by Gasteiger charge is 2.23. The van der Waals surface area contributed by atoms with Crippen molar-refractivity contribution in [3.05, 3.63) is 238 Å². The fraction of sp³-hybridized carbons (Fsp3) is 0.111. The summed E-state index contributed by atoms with van der Waals surface area (Å²) in [6.07, 6.45) is 0. The average molecular weight is 1150 g/mol. The van der Waals surface area contributed by atoms with Crippen LogP contribution in [0.3, 0.4) is 0 Å². The van der Waals surface area contributed by atoms with Gasteiger partial charge in [-0.2, -0.15) is 0 Å². The smallest absolute Gasteiger partial charge is 0.137 e. The number of hydrogen-bond acceptors (Lipinski definition) is 10. The van der Waals surface area contributed by atoms with Crippen molar-refractivity contribution in [1.29, 1.82) is 0 Å². The second-order valence-corrected chi connectivity index (χ2v) is 25.1. The van der Waals surface area contributed by atoms with Gasteiger partial charge < -0.3 is 28.7 Å². The van der Waals surface area contributed by atoms with Gasteiger partial charge in [-0.25, -0.2) is 0 Å². The summed E-state index contributed by atoms with van der Waals surface area (Å²) in [5.41, 5.74) is 17.3. The number of ether oxygens (including phenoxy) is 4. The van der Waals surface area contributed by atoms with E-state index >= 15 is 0 Å². The fourth-order valence-electron chi connectivity index (χ4n) is 10.8. The van der Waals surface area contributed by atoms with Gasteiger partial charge in [0.05, 0.1) is 47.9 Å². The average Bonchev–Trinajstić information content (AvgIpc) is 4.44. The van der Waals surface area contributed by atoms with Crippen molar-refractivity contribution in [2.75, 3.05) is 38.2 Å². The molecule has 0 atom stereocenters. The molecule has 4 aromatic heterocycles. The number of nitrogens with zero attached hydrogens (tertiary/aromatic N) is 2. The molecule has 0 fully saturated rings. The molecule has 12 aromatic rings. The van der Waals surface area contributed by atoms with E-state index in [2.05, 4.69) is 256 Å². The Hall–Kier alpha value is -8.64. The minimum Gasteiger partial charge on any atom is -0.495 e. The van der Waals surface area contributed by atoms with Crippen LogP contribution in [-0.4, -0.2) is 28.4 Å². The van der Waals surface area contributed by atoms with E-state index in [4.69, 9.17) is 18.9 Å². The standard InChI is InChI=1S/C72H60N2O4S4/c1-45-39-65(75-5)69(79-45)51-19-27-55(28-20-51)73(56-29-21-52(22-30-56)70-66(76-6)40-46(2)80-70)59-35-37-61(63(43-59)49-15-11-9-12-16-49)62-38-36-60(44-64(62)50-17-13-10-14-18-50)74(57-31-23-53(24-32-57)71-67(77-7)41-47(3)81-71)58-33-25-54(26-34-58)72-68(78-8)42-48(4)82-72/h9-44H,1-8H3. The molecule has 0 aliphatic carbocycles. The maximum Gasteiger partial charge on any atom is 0.137 e. The highest BCUT2D eigenvalue weighted by atomic mass is 32.1. The monoisotopic (exact) mass is 1140 g/mol. The molecule has 0 bridgehead atoms. The van der Waals surface area contributed by atoms with Crippen molar-refractivity contribution in [1.82, 2.24) is 0 Å². The molecule has 0 aliphatic heterocycles. The SMILES string of the molecule is COc1cc(C)sc1-c1ccc(N(c2ccc(-c3sc(C)cc3OC)cc2)c2ccc(-c3ccc(N(c4ccc(-c5sc(C)cc5OC)cc4)c4ccc(-c5sc(C)cc5OC)cc4)cc3-c3ccccc3)c(-c3ccccc3)c2)cc1. The van der Waals surface area contributed by atoms with Gasteiger partial charge >= 0.3 is 0 Å². The predicted molar refractivity (Wildman–Crippen MR) is 351 cm³/mol. The molecule has 0 N–H and O–H groups in total. The van der Waals surface area contributed by atoms with Crippen LogP contribution in [0.5, 0.6) is 23.0 Å². The molecule has 0 saturated heterocycles. The number of benzene rings is 8. The Labute approximate surface area is 497 Å². The maximum absolute atomic E-state index is 5.83. The minimum absolute atomic E-state index is 0.889. The molecular weight excluding hydrogens is 1090 g/mol. The summed E-state index contributed by atoms with van der Waals surface area (Å²) in [5, 5.41) is 0. The van der Waals surface area contributed by atoms with Crippen LogP contribution in [0.25, 0.3) is 75.1 Å². The molecule has 8 aromatic carbocycles. The Balaban J connectivity index is 1.01. The summed E-state index contributed by atoms with van der Waals surface area (Å²) >= 11 is 6.99. The maximum atomic E-state index is 5.83. The minimum atomic E-state index is 0.889. The largest absolute Gasteiger partial charge is 0.495 e. The molecule has 82 heavy (non-hydrogen) atoms. The molecule has 0 spiro atoms. The van der Waals surface area contributed by atoms with E-state index in [-0.39, 0.29) is 0 Å². The van der Waals surface area contributed by atoms with Gasteiger partial charge in [0.2, 0.25) is 0 Å². The van der Waals surface area contributed by atoms with E-state index in [0.717, 1.165) is 132 Å². The van der Waals surface area contributed by atoms with E-state index < -0.39 is 0 Å². The van der Waals surface area contributed by atoms with Gasteiger partial charge in [-0.05, 0) is 180 Å². The van der Waals surface area contributed by atoms with E-state index in [1.165, 1.54) is 19.5 Å². The lowest BCUT2D eigenvalue weighted by Crippen LogP contribution is -2.11. The van der Waals surface area contributed by atoms with E-state index in [1.807, 2.05) is 0 Å². The molecule has 4 heterocycles. The lowest BCUT2D eigenvalue weighted by molar-refractivity contribution is 0.418. The summed E-state index contributed by atoms with van der Waals surface area (Å²) in [4.78, 5) is 14.0. The first-order chi connectivity index (χ1) is 40.1. The lowest BCUT2D eigenvalue weighted by atomic mass is 9.88. The van der Waals surface area contributed by atoms with Gasteiger partial charge in [0.15, 0.2) is 0 Å². The van der Waals surface area contributed by atoms with E-state index in [1.54, 1.807) is 73.8 Å². The zero-order chi connectivity index (χ0) is 56.4. The predicted octanol–water partition coefficient (Wildman–Crippen LogP) is 21.8. The normalized spacial score (nSPS) is 11.2. The number of hydrogen-bond donors (Lipinski definition) is 0. The highest BCUT2D eigenvalue weighted by Crippen LogP contribution is 2.49. The first kappa shape index (κ1) is 54.0. The zero-order valence-electron chi connectivity index (χ0n) is 46.9. The first-order valence-electron chi connectivity index (χ1n) is 27.1. The molecule has 406 valence electrons. The molecule has 12 rings (SSSR count). The molecule has 10 heteroatoms. The van der Waals surface area contributed by atoms with Gasteiger partial charge in [-0.1, -0.05) is 121 Å². The van der Waals surface area contributed by atoms with Crippen molar-refractivity contribution in [2.45, 2.75) is 27.7 Å². The molecule has 0 amide bonds. The van der Waals surface area contributed by atoms with Crippen LogP contribution in [0.2, 0.25) is 0 Å². The Morgan fingerprint density at radius 2 is 0.488 bits per heavy atom. The van der Waals surface area contributed by atoms with Crippen LogP contribution in [0.4, 0.5) is 34.1 Å². The Morgan fingerprint density at radius 3 is 0.732 bits per heavy atom. The quantitative estimate of drug-likeness (QED) is 0.0905. The summed E-state index contributed by atoms with van der Waals surface area (Å²) in [6.45, 7) is 8.50. The summed E-state index contributed by atoms with van der Waals surface area (Å²) < 4.78 is 23.3. The molecule has 0 unspecified atom stereocenters. The van der Waals surface area contributed by atoms with Crippen LogP contribution in [-0.2, 0) is 0 Å². The van der Waals surface area contributed by atoms with Gasteiger partial charge in [0.25, 0.3) is 0 Å². The van der Waals surface area contributed by atoms with Crippen LogP contribution in [0.15, 0.2) is 218 Å². The van der Waals surface area contributed by atoms with Crippen LogP contribution < -0.4 is 28.7 Å². The first-order valence-corrected chi connectivity index (χ1v) is 30.3. The van der Waals surface area contributed by atoms with Crippen LogP contribution in [0, 0.1) is 27.7 Å². The molecule has 0 aliphatic rings. The number of rotatable bonds is 17. The molecule has 0 saturated carbocycles. The fourth-order valence-corrected chi connectivity index (χ4v) is 14.8. The van der Waals surface area contributed by atoms with Gasteiger partial charge in [0, 0.05) is 53.6 Å². The Bertz CT molecular complexity index is 3720. The van der Waals surface area contributed by atoms with Gasteiger partial charge in [-0.3, -0.25) is 0 Å². The Kier molecular flexibility index (Phi) is 15.4. The summed E-state index contributed by atoms with van der Waals surface area (Å²) in [6, 6.07) is 79.3. The number of anilines is 6. The van der Waals surface area contributed by atoms with Crippen molar-refractivity contribution < 1.29 is 18.9 Å². The third-order valence-electron chi connectivity index (χ3n) is 14.7. The van der Waals surface area contributed by atoms with Gasteiger partial charge in [-0.15, -0.1) is 45.3 Å². The zero-order valence-corrected chi connectivity index (χ0v) is 50.2. The number of aryl methyl sites for hydroxylation is 4. The van der Waals surface area contributed by atoms with Crippen molar-refractivity contribution >= 4 is 79.5 Å². The second-order valence-electron chi connectivity index (χ2n) is 20.1. The highest BCUT2D eigenvalue weighted by molar-refractivity contribution is 7.16. The number of thiophene rings is 4. The Morgan fingerprint density at radius 1 is 0.244 bits per heavy atom.